The Bertz CT molecular complexity index is 911. The zero-order valence-electron chi connectivity index (χ0n) is 14.5. The monoisotopic (exact) mass is 392 g/mol. The van der Waals surface area contributed by atoms with Crippen LogP contribution in [0.3, 0.4) is 0 Å². The first kappa shape index (κ1) is 18.7. The van der Waals surface area contributed by atoms with Crippen LogP contribution in [0.2, 0.25) is 5.02 Å². The maximum atomic E-state index is 12.9. The van der Waals surface area contributed by atoms with E-state index in [0.717, 1.165) is 18.4 Å². The van der Waals surface area contributed by atoms with E-state index in [1.807, 2.05) is 0 Å². The van der Waals surface area contributed by atoms with E-state index in [1.165, 1.54) is 16.4 Å². The van der Waals surface area contributed by atoms with Gasteiger partial charge in [-0.05, 0) is 60.9 Å². The van der Waals surface area contributed by atoms with Gasteiger partial charge in [-0.25, -0.2) is 8.42 Å². The van der Waals surface area contributed by atoms with Crippen molar-refractivity contribution in [2.75, 3.05) is 17.4 Å². The summed E-state index contributed by atoms with van der Waals surface area (Å²) in [6.45, 7) is 3.07. The first-order valence-electron chi connectivity index (χ1n) is 8.63. The van der Waals surface area contributed by atoms with Gasteiger partial charge >= 0.3 is 0 Å². The van der Waals surface area contributed by atoms with Crippen LogP contribution in [0, 0.1) is 0 Å². The second-order valence-electron chi connectivity index (χ2n) is 6.23. The molecule has 5 nitrogen and oxygen atoms in total. The van der Waals surface area contributed by atoms with Gasteiger partial charge in [-0.2, -0.15) is 0 Å². The van der Waals surface area contributed by atoms with E-state index < -0.39 is 10.0 Å². The van der Waals surface area contributed by atoms with Crippen LogP contribution >= 0.6 is 11.6 Å². The number of hydrogen-bond acceptors (Lipinski definition) is 3. The number of halogens is 1. The Hall–Kier alpha value is -2.05. The smallest absolute Gasteiger partial charge is 0.264 e. The molecule has 138 valence electrons. The van der Waals surface area contributed by atoms with Crippen LogP contribution < -0.4 is 9.62 Å². The van der Waals surface area contributed by atoms with E-state index in [2.05, 4.69) is 12.2 Å². The Kier molecular flexibility index (Phi) is 5.53. The molecule has 1 N–H and O–H groups in total. The summed E-state index contributed by atoms with van der Waals surface area (Å²) in [6, 6.07) is 11.3. The van der Waals surface area contributed by atoms with Gasteiger partial charge in [0, 0.05) is 23.7 Å². The van der Waals surface area contributed by atoms with E-state index in [0.29, 0.717) is 35.8 Å². The highest BCUT2D eigenvalue weighted by Gasteiger charge is 2.31. The predicted octanol–water partition coefficient (Wildman–Crippen LogP) is 3.62. The highest BCUT2D eigenvalue weighted by atomic mass is 35.5. The Morgan fingerprint density at radius 3 is 2.62 bits per heavy atom. The number of unbranched alkanes of at least 4 members (excludes halogenated alkanes) is 1. The Morgan fingerprint density at radius 2 is 1.92 bits per heavy atom. The van der Waals surface area contributed by atoms with Gasteiger partial charge in [0.15, 0.2) is 0 Å². The summed E-state index contributed by atoms with van der Waals surface area (Å²) >= 11 is 5.85. The topological polar surface area (TPSA) is 66.5 Å². The molecule has 0 aliphatic carbocycles. The minimum atomic E-state index is -3.65. The van der Waals surface area contributed by atoms with E-state index in [4.69, 9.17) is 11.6 Å². The fourth-order valence-electron chi connectivity index (χ4n) is 2.98. The molecule has 0 aromatic heterocycles. The Balaban J connectivity index is 1.84. The number of hydrogen-bond donors (Lipinski definition) is 1. The van der Waals surface area contributed by atoms with Crippen molar-refractivity contribution in [3.8, 4) is 0 Å². The fraction of sp³-hybridized carbons (Fsp3) is 0.316. The maximum Gasteiger partial charge on any atom is 0.264 e. The van der Waals surface area contributed by atoms with Gasteiger partial charge in [-0.3, -0.25) is 9.10 Å². The number of sulfonamides is 1. The molecule has 1 amide bonds. The first-order valence-corrected chi connectivity index (χ1v) is 10.4. The summed E-state index contributed by atoms with van der Waals surface area (Å²) in [5.41, 5.74) is 2.06. The molecule has 0 atom stereocenters. The second kappa shape index (κ2) is 7.68. The number of nitrogens with zero attached hydrogens (tertiary/aromatic N) is 1. The number of anilines is 1. The molecule has 26 heavy (non-hydrogen) atoms. The lowest BCUT2D eigenvalue weighted by Gasteiger charge is -2.19. The largest absolute Gasteiger partial charge is 0.352 e. The van der Waals surface area contributed by atoms with Gasteiger partial charge in [0.2, 0.25) is 0 Å². The van der Waals surface area contributed by atoms with Crippen LogP contribution in [0.15, 0.2) is 47.4 Å². The van der Waals surface area contributed by atoms with Crippen molar-refractivity contribution in [3.63, 3.8) is 0 Å². The molecule has 0 saturated heterocycles. The van der Waals surface area contributed by atoms with Gasteiger partial charge in [0.1, 0.15) is 0 Å². The SMILES string of the molecule is CCCCNC(=O)c1ccc2c(c1)CCN2S(=O)(=O)c1ccc(Cl)cc1. The molecular weight excluding hydrogens is 372 g/mol. The molecule has 0 unspecified atom stereocenters. The average molecular weight is 393 g/mol. The van der Waals surface area contributed by atoms with Crippen molar-refractivity contribution < 1.29 is 13.2 Å². The van der Waals surface area contributed by atoms with Crippen molar-refractivity contribution >= 4 is 33.2 Å². The third-order valence-corrected chi connectivity index (χ3v) is 6.49. The lowest BCUT2D eigenvalue weighted by molar-refractivity contribution is 0.0953. The fourth-order valence-corrected chi connectivity index (χ4v) is 4.61. The summed E-state index contributed by atoms with van der Waals surface area (Å²) < 4.78 is 27.2. The number of nitrogens with one attached hydrogen (secondary N) is 1. The summed E-state index contributed by atoms with van der Waals surface area (Å²) in [5, 5.41) is 3.37. The van der Waals surface area contributed by atoms with Gasteiger partial charge in [0.25, 0.3) is 15.9 Å². The van der Waals surface area contributed by atoms with E-state index in [9.17, 15) is 13.2 Å². The van der Waals surface area contributed by atoms with Gasteiger partial charge in [0.05, 0.1) is 10.6 Å². The number of carbonyl (C=O) groups excluding carboxylic acids is 1. The van der Waals surface area contributed by atoms with Crippen LogP contribution in [-0.2, 0) is 16.4 Å². The molecule has 7 heteroatoms. The van der Waals surface area contributed by atoms with Crippen LogP contribution in [0.1, 0.15) is 35.7 Å². The molecule has 2 aromatic rings. The van der Waals surface area contributed by atoms with Crippen molar-refractivity contribution in [1.29, 1.82) is 0 Å². The quantitative estimate of drug-likeness (QED) is 0.763. The lowest BCUT2D eigenvalue weighted by atomic mass is 10.1. The van der Waals surface area contributed by atoms with Crippen molar-refractivity contribution in [2.24, 2.45) is 0 Å². The molecule has 0 bridgehead atoms. The maximum absolute atomic E-state index is 12.9. The Labute approximate surface area is 159 Å². The van der Waals surface area contributed by atoms with Crippen LogP contribution in [0.25, 0.3) is 0 Å². The molecule has 2 aromatic carbocycles. The molecule has 1 aliphatic heterocycles. The third-order valence-electron chi connectivity index (χ3n) is 4.41. The summed E-state index contributed by atoms with van der Waals surface area (Å²) in [6.07, 6.45) is 2.53. The highest BCUT2D eigenvalue weighted by molar-refractivity contribution is 7.92. The van der Waals surface area contributed by atoms with E-state index in [1.54, 1.807) is 30.3 Å². The number of carbonyl (C=O) groups is 1. The van der Waals surface area contributed by atoms with Gasteiger partial charge in [-0.1, -0.05) is 24.9 Å². The lowest BCUT2D eigenvalue weighted by Crippen LogP contribution is -2.29. The highest BCUT2D eigenvalue weighted by Crippen LogP contribution is 2.33. The summed E-state index contributed by atoms with van der Waals surface area (Å²) in [7, 11) is -3.65. The van der Waals surface area contributed by atoms with Crippen LogP contribution in [0.5, 0.6) is 0 Å². The minimum absolute atomic E-state index is 0.125. The molecule has 3 rings (SSSR count). The van der Waals surface area contributed by atoms with E-state index in [-0.39, 0.29) is 10.8 Å². The molecular formula is C19H21ClN2O3S. The summed E-state index contributed by atoms with van der Waals surface area (Å²) in [5.74, 6) is -0.125. The number of amides is 1. The Morgan fingerprint density at radius 1 is 1.19 bits per heavy atom. The standard InChI is InChI=1S/C19H21ClN2O3S/c1-2-3-11-21-19(23)15-4-9-18-14(13-15)10-12-22(18)26(24,25)17-7-5-16(20)6-8-17/h4-9,13H,2-3,10-12H2,1H3,(H,21,23). The number of rotatable bonds is 6. The van der Waals surface area contributed by atoms with Crippen molar-refractivity contribution in [1.82, 2.24) is 5.32 Å². The average Bonchev–Trinajstić information content (AvgIpc) is 3.06. The molecule has 0 saturated carbocycles. The minimum Gasteiger partial charge on any atom is -0.352 e. The van der Waals surface area contributed by atoms with Gasteiger partial charge < -0.3 is 5.32 Å². The molecule has 0 spiro atoms. The van der Waals surface area contributed by atoms with Crippen LogP contribution in [-0.4, -0.2) is 27.4 Å². The van der Waals surface area contributed by atoms with E-state index >= 15 is 0 Å². The zero-order valence-corrected chi connectivity index (χ0v) is 16.1. The zero-order chi connectivity index (χ0) is 18.7. The first-order chi connectivity index (χ1) is 12.4. The van der Waals surface area contributed by atoms with Crippen molar-refractivity contribution in [3.05, 3.63) is 58.6 Å². The van der Waals surface area contributed by atoms with Crippen molar-refractivity contribution in [2.45, 2.75) is 31.1 Å². The van der Waals surface area contributed by atoms with Gasteiger partial charge in [-0.15, -0.1) is 0 Å². The van der Waals surface area contributed by atoms with Crippen LogP contribution in [0.4, 0.5) is 5.69 Å². The molecule has 0 fully saturated rings. The predicted molar refractivity (Wildman–Crippen MR) is 103 cm³/mol. The third kappa shape index (κ3) is 3.71. The summed E-state index contributed by atoms with van der Waals surface area (Å²) in [4.78, 5) is 12.4. The molecule has 1 aliphatic rings. The molecule has 1 heterocycles. The number of benzene rings is 2. The molecule has 0 radical (unpaired) electrons. The second-order valence-corrected chi connectivity index (χ2v) is 8.53. The number of fused-ring (bicyclic) bond motifs is 1. The normalized spacial score (nSPS) is 13.5.